The molecule has 3 aromatic rings. The van der Waals surface area contributed by atoms with Crippen LogP contribution < -0.4 is 5.32 Å². The maximum absolute atomic E-state index is 12.7. The SMILES string of the molecule is COC(=O)c1ccc2c(c1)nc1n2C(CNCc2ccc(C(F)(F)F)cc2)COC1. The topological polar surface area (TPSA) is 65.4 Å². The van der Waals surface area contributed by atoms with Crippen molar-refractivity contribution in [1.29, 1.82) is 0 Å². The first-order valence-electron chi connectivity index (χ1n) is 9.40. The summed E-state index contributed by atoms with van der Waals surface area (Å²) in [5.74, 6) is 0.341. The van der Waals surface area contributed by atoms with Gasteiger partial charge in [-0.25, -0.2) is 9.78 Å². The Balaban J connectivity index is 1.47. The lowest BCUT2D eigenvalue weighted by Gasteiger charge is -2.26. The molecule has 6 nitrogen and oxygen atoms in total. The molecule has 9 heteroatoms. The monoisotopic (exact) mass is 419 g/mol. The smallest absolute Gasteiger partial charge is 0.416 e. The molecule has 0 saturated carbocycles. The second kappa shape index (κ2) is 8.08. The summed E-state index contributed by atoms with van der Waals surface area (Å²) in [7, 11) is 1.33. The maximum Gasteiger partial charge on any atom is 0.416 e. The van der Waals surface area contributed by atoms with E-state index in [2.05, 4.69) is 14.9 Å². The van der Waals surface area contributed by atoms with Crippen molar-refractivity contribution in [2.75, 3.05) is 20.3 Å². The molecule has 0 saturated heterocycles. The Labute approximate surface area is 170 Å². The molecule has 1 atom stereocenters. The van der Waals surface area contributed by atoms with E-state index in [-0.39, 0.29) is 6.04 Å². The van der Waals surface area contributed by atoms with Gasteiger partial charge in [0.15, 0.2) is 0 Å². The van der Waals surface area contributed by atoms with Crippen molar-refractivity contribution in [1.82, 2.24) is 14.9 Å². The summed E-state index contributed by atoms with van der Waals surface area (Å²) < 4.78 is 50.5. The fourth-order valence-electron chi connectivity index (χ4n) is 3.61. The molecule has 1 aromatic heterocycles. The van der Waals surface area contributed by atoms with E-state index in [1.54, 1.807) is 12.1 Å². The first kappa shape index (κ1) is 20.4. The lowest BCUT2D eigenvalue weighted by molar-refractivity contribution is -0.137. The second-order valence-electron chi connectivity index (χ2n) is 7.09. The first-order valence-corrected chi connectivity index (χ1v) is 9.40. The predicted octanol–water partition coefficient (Wildman–Crippen LogP) is 3.70. The highest BCUT2D eigenvalue weighted by atomic mass is 19.4. The van der Waals surface area contributed by atoms with Gasteiger partial charge in [0.05, 0.1) is 41.9 Å². The lowest BCUT2D eigenvalue weighted by atomic mass is 10.1. The number of nitrogens with one attached hydrogen (secondary N) is 1. The third-order valence-electron chi connectivity index (χ3n) is 5.08. The van der Waals surface area contributed by atoms with Crippen molar-refractivity contribution in [2.24, 2.45) is 0 Å². The number of nitrogens with zero attached hydrogens (tertiary/aromatic N) is 2. The molecule has 2 heterocycles. The zero-order chi connectivity index (χ0) is 21.3. The second-order valence-corrected chi connectivity index (χ2v) is 7.09. The number of fused-ring (bicyclic) bond motifs is 3. The lowest BCUT2D eigenvalue weighted by Crippen LogP contribution is -2.32. The molecule has 1 N–H and O–H groups in total. The molecule has 0 radical (unpaired) electrons. The molecule has 0 spiro atoms. The molecule has 0 aliphatic carbocycles. The third kappa shape index (κ3) is 4.03. The zero-order valence-corrected chi connectivity index (χ0v) is 16.2. The summed E-state index contributed by atoms with van der Waals surface area (Å²) in [6, 6.07) is 10.3. The average molecular weight is 419 g/mol. The summed E-state index contributed by atoms with van der Waals surface area (Å²) in [6.45, 7) is 1.84. The number of aromatic nitrogens is 2. The van der Waals surface area contributed by atoms with Crippen molar-refractivity contribution in [3.05, 3.63) is 65.0 Å². The van der Waals surface area contributed by atoms with Crippen LogP contribution in [0.1, 0.15) is 33.4 Å². The number of ether oxygens (including phenoxy) is 2. The molecule has 0 fully saturated rings. The quantitative estimate of drug-likeness (QED) is 0.639. The molecule has 0 bridgehead atoms. The van der Waals surface area contributed by atoms with Crippen LogP contribution in [-0.4, -0.2) is 35.8 Å². The molecule has 1 aliphatic rings. The van der Waals surface area contributed by atoms with Gasteiger partial charge >= 0.3 is 12.1 Å². The Hall–Kier alpha value is -2.91. The van der Waals surface area contributed by atoms with Crippen LogP contribution in [0.2, 0.25) is 0 Å². The van der Waals surface area contributed by atoms with Gasteiger partial charge in [0, 0.05) is 13.1 Å². The number of benzene rings is 2. The Morgan fingerprint density at radius 2 is 2.03 bits per heavy atom. The first-order chi connectivity index (χ1) is 14.4. The van der Waals surface area contributed by atoms with Gasteiger partial charge in [0.1, 0.15) is 12.4 Å². The van der Waals surface area contributed by atoms with E-state index in [1.165, 1.54) is 19.2 Å². The van der Waals surface area contributed by atoms with Crippen molar-refractivity contribution in [3.8, 4) is 0 Å². The van der Waals surface area contributed by atoms with E-state index in [0.29, 0.717) is 37.4 Å². The molecule has 2 aromatic carbocycles. The normalized spacial score (nSPS) is 16.5. The maximum atomic E-state index is 12.7. The van der Waals surface area contributed by atoms with Crippen molar-refractivity contribution < 1.29 is 27.4 Å². The largest absolute Gasteiger partial charge is 0.465 e. The van der Waals surface area contributed by atoms with E-state index < -0.39 is 17.7 Å². The minimum atomic E-state index is -4.34. The highest BCUT2D eigenvalue weighted by molar-refractivity contribution is 5.93. The summed E-state index contributed by atoms with van der Waals surface area (Å²) in [6.07, 6.45) is -4.34. The van der Waals surface area contributed by atoms with Crippen LogP contribution in [0.15, 0.2) is 42.5 Å². The van der Waals surface area contributed by atoms with Crippen LogP contribution in [0.5, 0.6) is 0 Å². The van der Waals surface area contributed by atoms with Gasteiger partial charge in [0.25, 0.3) is 0 Å². The van der Waals surface area contributed by atoms with Gasteiger partial charge in [-0.3, -0.25) is 0 Å². The average Bonchev–Trinajstić information content (AvgIpc) is 3.11. The van der Waals surface area contributed by atoms with Gasteiger partial charge in [0.2, 0.25) is 0 Å². The highest BCUT2D eigenvalue weighted by Crippen LogP contribution is 2.29. The van der Waals surface area contributed by atoms with E-state index in [4.69, 9.17) is 9.47 Å². The molecule has 4 rings (SSSR count). The van der Waals surface area contributed by atoms with Crippen LogP contribution in [0.25, 0.3) is 11.0 Å². The Bertz CT molecular complexity index is 1060. The number of hydrogen-bond acceptors (Lipinski definition) is 5. The Kier molecular flexibility index (Phi) is 5.48. The minimum absolute atomic E-state index is 0.0304. The van der Waals surface area contributed by atoms with Gasteiger partial charge in [-0.2, -0.15) is 13.2 Å². The number of rotatable bonds is 5. The number of methoxy groups -OCH3 is 1. The molecule has 158 valence electrons. The van der Waals surface area contributed by atoms with Gasteiger partial charge in [-0.1, -0.05) is 12.1 Å². The third-order valence-corrected chi connectivity index (χ3v) is 5.08. The molecular weight excluding hydrogens is 399 g/mol. The van der Waals surface area contributed by atoms with Crippen LogP contribution >= 0.6 is 0 Å². The van der Waals surface area contributed by atoms with E-state index in [9.17, 15) is 18.0 Å². The van der Waals surface area contributed by atoms with E-state index in [0.717, 1.165) is 29.0 Å². The number of hydrogen-bond donors (Lipinski definition) is 1. The van der Waals surface area contributed by atoms with E-state index >= 15 is 0 Å². The fourth-order valence-corrected chi connectivity index (χ4v) is 3.61. The number of carbonyl (C=O) groups is 1. The fraction of sp³-hybridized carbons (Fsp3) is 0.333. The van der Waals surface area contributed by atoms with Crippen LogP contribution in [0.4, 0.5) is 13.2 Å². The van der Waals surface area contributed by atoms with Crippen LogP contribution in [0, 0.1) is 0 Å². The number of halogens is 3. The summed E-state index contributed by atoms with van der Waals surface area (Å²) in [4.78, 5) is 16.3. The van der Waals surface area contributed by atoms with Crippen LogP contribution in [-0.2, 0) is 28.8 Å². The highest BCUT2D eigenvalue weighted by Gasteiger charge is 2.30. The number of carbonyl (C=O) groups excluding carboxylic acids is 1. The molecular formula is C21H20F3N3O3. The molecule has 30 heavy (non-hydrogen) atoms. The van der Waals surface area contributed by atoms with Gasteiger partial charge in [-0.05, 0) is 35.9 Å². The molecule has 1 aliphatic heterocycles. The van der Waals surface area contributed by atoms with E-state index in [1.807, 2.05) is 6.07 Å². The van der Waals surface area contributed by atoms with Crippen LogP contribution in [0.3, 0.4) is 0 Å². The predicted molar refractivity (Wildman–Crippen MR) is 103 cm³/mol. The van der Waals surface area contributed by atoms with Gasteiger partial charge in [-0.15, -0.1) is 0 Å². The standard InChI is InChI=1S/C21H20F3N3O3/c1-29-20(28)14-4-7-18-17(8-14)26-19-12-30-11-16(27(18)19)10-25-9-13-2-5-15(6-3-13)21(22,23)24/h2-8,16,25H,9-12H2,1H3. The minimum Gasteiger partial charge on any atom is -0.465 e. The van der Waals surface area contributed by atoms with Crippen molar-refractivity contribution >= 4 is 17.0 Å². The Morgan fingerprint density at radius 3 is 2.73 bits per heavy atom. The number of imidazole rings is 1. The Morgan fingerprint density at radius 1 is 1.27 bits per heavy atom. The molecule has 1 unspecified atom stereocenters. The number of alkyl halides is 3. The zero-order valence-electron chi connectivity index (χ0n) is 16.2. The summed E-state index contributed by atoms with van der Waals surface area (Å²) in [5.41, 5.74) is 2.11. The summed E-state index contributed by atoms with van der Waals surface area (Å²) >= 11 is 0. The van der Waals surface area contributed by atoms with Crippen molar-refractivity contribution in [2.45, 2.75) is 25.4 Å². The molecule has 0 amide bonds. The van der Waals surface area contributed by atoms with Gasteiger partial charge < -0.3 is 19.4 Å². The number of esters is 1. The summed E-state index contributed by atoms with van der Waals surface area (Å²) in [5, 5.41) is 3.28. The van der Waals surface area contributed by atoms with Crippen molar-refractivity contribution in [3.63, 3.8) is 0 Å².